The lowest BCUT2D eigenvalue weighted by Crippen LogP contribution is -2.10. The van der Waals surface area contributed by atoms with E-state index in [2.05, 4.69) is 4.98 Å². The zero-order valence-electron chi connectivity index (χ0n) is 13.0. The van der Waals surface area contributed by atoms with Crippen LogP contribution in [0.25, 0.3) is 0 Å². The normalized spacial score (nSPS) is 13.3. The molecule has 1 heterocycles. The summed E-state index contributed by atoms with van der Waals surface area (Å²) in [5.41, 5.74) is 3.74. The van der Waals surface area contributed by atoms with E-state index in [0.717, 1.165) is 47.4 Å². The SMILES string of the molecule is N=Cc1c(O)nc(SCc2ccc([N+](=O)[O-])cc2)c2c1CCCC2. The smallest absolute Gasteiger partial charge is 0.269 e. The van der Waals surface area contributed by atoms with E-state index in [1.165, 1.54) is 30.1 Å². The van der Waals surface area contributed by atoms with E-state index in [-0.39, 0.29) is 11.6 Å². The van der Waals surface area contributed by atoms with E-state index in [9.17, 15) is 15.2 Å². The average Bonchev–Trinajstić information content (AvgIpc) is 2.60. The molecule has 3 rings (SSSR count). The Bertz CT molecular complexity index is 791. The number of benzene rings is 1. The van der Waals surface area contributed by atoms with Gasteiger partial charge >= 0.3 is 0 Å². The number of hydrogen-bond donors (Lipinski definition) is 2. The summed E-state index contributed by atoms with van der Waals surface area (Å²) in [6.07, 6.45) is 5.09. The molecule has 2 aromatic rings. The van der Waals surface area contributed by atoms with Gasteiger partial charge in [-0.05, 0) is 42.4 Å². The molecule has 24 heavy (non-hydrogen) atoms. The monoisotopic (exact) mass is 343 g/mol. The van der Waals surface area contributed by atoms with Gasteiger partial charge in [-0.3, -0.25) is 10.1 Å². The predicted molar refractivity (Wildman–Crippen MR) is 93.1 cm³/mol. The first kappa shape index (κ1) is 16.4. The fourth-order valence-electron chi connectivity index (χ4n) is 2.93. The molecule has 1 aliphatic rings. The van der Waals surface area contributed by atoms with Crippen LogP contribution in [0, 0.1) is 15.5 Å². The standard InChI is InChI=1S/C17H17N3O3S/c18-9-15-13-3-1-2-4-14(13)17(19-16(15)21)24-10-11-5-7-12(8-6-11)20(22)23/h5-9,18H,1-4,10H2,(H,19,21). The summed E-state index contributed by atoms with van der Waals surface area (Å²) < 4.78 is 0. The highest BCUT2D eigenvalue weighted by molar-refractivity contribution is 7.98. The van der Waals surface area contributed by atoms with Crippen LogP contribution >= 0.6 is 11.8 Å². The highest BCUT2D eigenvalue weighted by atomic mass is 32.2. The van der Waals surface area contributed by atoms with Gasteiger partial charge < -0.3 is 10.5 Å². The van der Waals surface area contributed by atoms with Crippen molar-refractivity contribution in [3.63, 3.8) is 0 Å². The van der Waals surface area contributed by atoms with Gasteiger partial charge in [0.05, 0.1) is 10.5 Å². The molecule has 0 saturated heterocycles. The number of nitrogens with zero attached hydrogens (tertiary/aromatic N) is 2. The van der Waals surface area contributed by atoms with Crippen LogP contribution in [-0.4, -0.2) is 21.2 Å². The number of pyridine rings is 1. The van der Waals surface area contributed by atoms with Gasteiger partial charge in [-0.25, -0.2) is 4.98 Å². The zero-order valence-corrected chi connectivity index (χ0v) is 13.8. The van der Waals surface area contributed by atoms with Crippen LogP contribution < -0.4 is 0 Å². The molecule has 0 amide bonds. The average molecular weight is 343 g/mol. The van der Waals surface area contributed by atoms with Gasteiger partial charge in [0.25, 0.3) is 5.69 Å². The number of nitro benzene ring substituents is 1. The molecule has 1 aromatic carbocycles. The molecule has 6 nitrogen and oxygen atoms in total. The van der Waals surface area contributed by atoms with E-state index >= 15 is 0 Å². The molecule has 1 aliphatic carbocycles. The van der Waals surface area contributed by atoms with Gasteiger partial charge in [0.1, 0.15) is 5.03 Å². The Kier molecular flexibility index (Phi) is 4.80. The van der Waals surface area contributed by atoms with Crippen molar-refractivity contribution in [2.45, 2.75) is 36.5 Å². The summed E-state index contributed by atoms with van der Waals surface area (Å²) in [5, 5.41) is 29.1. The van der Waals surface area contributed by atoms with Crippen molar-refractivity contribution in [2.75, 3.05) is 0 Å². The lowest BCUT2D eigenvalue weighted by atomic mass is 9.90. The van der Waals surface area contributed by atoms with Gasteiger partial charge in [-0.15, -0.1) is 11.8 Å². The van der Waals surface area contributed by atoms with Gasteiger partial charge in [0, 0.05) is 24.1 Å². The van der Waals surface area contributed by atoms with Gasteiger partial charge in [-0.1, -0.05) is 12.1 Å². The van der Waals surface area contributed by atoms with E-state index in [0.29, 0.717) is 11.3 Å². The molecular formula is C17H17N3O3S. The minimum atomic E-state index is -0.414. The molecule has 0 aliphatic heterocycles. The largest absolute Gasteiger partial charge is 0.493 e. The lowest BCUT2D eigenvalue weighted by Gasteiger charge is -2.21. The van der Waals surface area contributed by atoms with Gasteiger partial charge in [0.15, 0.2) is 0 Å². The van der Waals surface area contributed by atoms with Crippen molar-refractivity contribution >= 4 is 23.7 Å². The number of non-ortho nitro benzene ring substituents is 1. The quantitative estimate of drug-likeness (QED) is 0.371. The van der Waals surface area contributed by atoms with Crippen LogP contribution in [0.3, 0.4) is 0 Å². The minimum absolute atomic E-state index is 0.0761. The Labute approximate surface area is 143 Å². The molecule has 0 unspecified atom stereocenters. The van der Waals surface area contributed by atoms with Crippen molar-refractivity contribution in [1.29, 1.82) is 5.41 Å². The first-order valence-electron chi connectivity index (χ1n) is 7.71. The number of nitro groups is 1. The maximum atomic E-state index is 10.7. The third kappa shape index (κ3) is 3.26. The van der Waals surface area contributed by atoms with Gasteiger partial charge in [0.2, 0.25) is 5.88 Å². The fraction of sp³-hybridized carbons (Fsp3) is 0.294. The fourth-order valence-corrected chi connectivity index (χ4v) is 3.98. The summed E-state index contributed by atoms with van der Waals surface area (Å²) in [4.78, 5) is 14.6. The molecule has 0 spiro atoms. The maximum absolute atomic E-state index is 10.7. The highest BCUT2D eigenvalue weighted by Crippen LogP contribution is 2.36. The first-order chi connectivity index (χ1) is 11.6. The van der Waals surface area contributed by atoms with Crippen molar-refractivity contribution in [2.24, 2.45) is 0 Å². The number of rotatable bonds is 5. The minimum Gasteiger partial charge on any atom is -0.493 e. The van der Waals surface area contributed by atoms with Crippen LogP contribution in [0.1, 0.15) is 35.1 Å². The number of aromatic hydroxyl groups is 1. The van der Waals surface area contributed by atoms with Crippen LogP contribution in [0.5, 0.6) is 5.88 Å². The van der Waals surface area contributed by atoms with Crippen molar-refractivity contribution in [3.05, 3.63) is 56.6 Å². The Hall–Kier alpha value is -2.41. The van der Waals surface area contributed by atoms with E-state index in [1.807, 2.05) is 0 Å². The molecule has 124 valence electrons. The summed E-state index contributed by atoms with van der Waals surface area (Å²) in [6.45, 7) is 0. The molecule has 0 bridgehead atoms. The van der Waals surface area contributed by atoms with E-state index in [1.54, 1.807) is 12.1 Å². The zero-order chi connectivity index (χ0) is 17.1. The topological polar surface area (TPSA) is 100 Å². The Morgan fingerprint density at radius 3 is 2.54 bits per heavy atom. The van der Waals surface area contributed by atoms with Gasteiger partial charge in [-0.2, -0.15) is 0 Å². The van der Waals surface area contributed by atoms with Crippen molar-refractivity contribution in [3.8, 4) is 5.88 Å². The Morgan fingerprint density at radius 2 is 1.92 bits per heavy atom. The Morgan fingerprint density at radius 1 is 1.25 bits per heavy atom. The van der Waals surface area contributed by atoms with Crippen LogP contribution in [-0.2, 0) is 18.6 Å². The maximum Gasteiger partial charge on any atom is 0.269 e. The first-order valence-corrected chi connectivity index (χ1v) is 8.70. The molecule has 0 atom stereocenters. The molecule has 1 aromatic heterocycles. The van der Waals surface area contributed by atoms with Crippen LogP contribution in [0.2, 0.25) is 0 Å². The summed E-state index contributed by atoms with van der Waals surface area (Å²) in [6, 6.07) is 6.47. The number of aromatic nitrogens is 1. The predicted octanol–water partition coefficient (Wildman–Crippen LogP) is 3.86. The number of nitrogens with one attached hydrogen (secondary N) is 1. The number of thioether (sulfide) groups is 1. The number of hydrogen-bond acceptors (Lipinski definition) is 6. The third-order valence-corrected chi connectivity index (χ3v) is 5.26. The second-order valence-corrected chi connectivity index (χ2v) is 6.64. The molecule has 7 heteroatoms. The summed E-state index contributed by atoms with van der Waals surface area (Å²) in [7, 11) is 0. The molecule has 0 saturated carbocycles. The van der Waals surface area contributed by atoms with Crippen LogP contribution in [0.15, 0.2) is 29.3 Å². The molecule has 2 N–H and O–H groups in total. The summed E-state index contributed by atoms with van der Waals surface area (Å²) in [5.74, 6) is 0.540. The second-order valence-electron chi connectivity index (χ2n) is 5.68. The Balaban J connectivity index is 1.83. The van der Waals surface area contributed by atoms with E-state index in [4.69, 9.17) is 5.41 Å². The highest BCUT2D eigenvalue weighted by Gasteiger charge is 2.21. The molecule has 0 fully saturated rings. The van der Waals surface area contributed by atoms with Crippen LogP contribution in [0.4, 0.5) is 5.69 Å². The van der Waals surface area contributed by atoms with Crippen molar-refractivity contribution in [1.82, 2.24) is 4.98 Å². The van der Waals surface area contributed by atoms with Crippen molar-refractivity contribution < 1.29 is 10.0 Å². The number of fused-ring (bicyclic) bond motifs is 1. The lowest BCUT2D eigenvalue weighted by molar-refractivity contribution is -0.384. The molecular weight excluding hydrogens is 326 g/mol. The summed E-state index contributed by atoms with van der Waals surface area (Å²) >= 11 is 1.52. The van der Waals surface area contributed by atoms with E-state index < -0.39 is 4.92 Å². The second kappa shape index (κ2) is 7.00. The molecule has 0 radical (unpaired) electrons. The third-order valence-electron chi connectivity index (χ3n) is 4.17.